The number of anilines is 2. The first kappa shape index (κ1) is 39.2. The van der Waals surface area contributed by atoms with Crippen LogP contribution < -0.4 is 20.7 Å². The predicted octanol–water partition coefficient (Wildman–Crippen LogP) is 6.33. The van der Waals surface area contributed by atoms with E-state index in [9.17, 15) is 24.0 Å². The molecule has 2 aromatic carbocycles. The van der Waals surface area contributed by atoms with Crippen molar-refractivity contribution in [3.05, 3.63) is 70.2 Å². The van der Waals surface area contributed by atoms with E-state index >= 15 is 0 Å². The van der Waals surface area contributed by atoms with Crippen molar-refractivity contribution in [3.63, 3.8) is 0 Å². The van der Waals surface area contributed by atoms with E-state index in [-0.39, 0.29) is 24.7 Å². The largest absolute Gasteiger partial charge is 0.494 e. The average molecular weight is 819 g/mol. The van der Waals surface area contributed by atoms with Crippen LogP contribution in [0.25, 0.3) is 10.2 Å². The zero-order valence-corrected chi connectivity index (χ0v) is 34.4. The maximum atomic E-state index is 13.4. The summed E-state index contributed by atoms with van der Waals surface area (Å²) in [5, 5.41) is 9.82. The predicted molar refractivity (Wildman–Crippen MR) is 223 cm³/mol. The van der Waals surface area contributed by atoms with Gasteiger partial charge in [-0.2, -0.15) is 0 Å². The molecule has 1 unspecified atom stereocenters. The Morgan fingerprint density at radius 1 is 0.966 bits per heavy atom. The second-order valence-corrected chi connectivity index (χ2v) is 18.3. The van der Waals surface area contributed by atoms with Crippen LogP contribution >= 0.6 is 11.3 Å². The lowest BCUT2D eigenvalue weighted by molar-refractivity contribution is -0.136. The molecular weight excluding hydrogens is 769 g/mol. The number of nitrogens with one attached hydrogen (secondary N) is 3. The molecule has 3 N–H and O–H groups in total. The van der Waals surface area contributed by atoms with Gasteiger partial charge in [-0.05, 0) is 126 Å². The topological polar surface area (TPSA) is 176 Å². The Hall–Kier alpha value is -5.28. The molecule has 4 fully saturated rings. The van der Waals surface area contributed by atoms with Gasteiger partial charge >= 0.3 is 0 Å². The Bertz CT molecular complexity index is 2320. The minimum absolute atomic E-state index is 0.0987. The van der Waals surface area contributed by atoms with Gasteiger partial charge < -0.3 is 20.3 Å². The Morgan fingerprint density at radius 2 is 1.76 bits per heavy atom. The number of nitrogens with zero attached hydrogens (tertiary/aromatic N) is 5. The lowest BCUT2D eigenvalue weighted by Crippen LogP contribution is -2.54. The minimum Gasteiger partial charge on any atom is -0.494 e. The first-order chi connectivity index (χ1) is 28.6. The molecule has 1 spiro atoms. The summed E-state index contributed by atoms with van der Waals surface area (Å²) in [4.78, 5) is 80.8. The summed E-state index contributed by atoms with van der Waals surface area (Å²) in [6.07, 6.45) is 12.5. The summed E-state index contributed by atoms with van der Waals surface area (Å²) in [7, 11) is 1.60. The van der Waals surface area contributed by atoms with Crippen molar-refractivity contribution in [1.29, 1.82) is 0 Å². The molecule has 14 nitrogen and oxygen atoms in total. The SMILES string of the molecule is COc1cc2nc([C@H]3CC[C@H](CN4CCC5(CC4)CC(CCNc4cccc6c4C(=O)N(C4CCC(=O)NC4=O)C6=O)C5)CC3)sc2cc1NC(=O)c1ccnc(C)n1. The number of rotatable bonds is 11. The van der Waals surface area contributed by atoms with Gasteiger partial charge in [-0.3, -0.25) is 34.2 Å². The van der Waals surface area contributed by atoms with Crippen LogP contribution in [-0.4, -0.2) is 93.6 Å². The number of likely N-dealkylation sites (tertiary alicyclic amines) is 1. The van der Waals surface area contributed by atoms with Gasteiger partial charge in [0.1, 0.15) is 23.3 Å². The molecule has 5 amide bonds. The number of amides is 5. The minimum atomic E-state index is -0.969. The Kier molecular flexibility index (Phi) is 10.7. The molecule has 1 atom stereocenters. The van der Waals surface area contributed by atoms with E-state index in [1.165, 1.54) is 45.1 Å². The molecule has 59 heavy (non-hydrogen) atoms. The van der Waals surface area contributed by atoms with Crippen molar-refractivity contribution in [3.8, 4) is 5.75 Å². The van der Waals surface area contributed by atoms with Crippen LogP contribution in [0.5, 0.6) is 5.75 Å². The van der Waals surface area contributed by atoms with Crippen molar-refractivity contribution in [2.24, 2.45) is 17.3 Å². The van der Waals surface area contributed by atoms with Gasteiger partial charge in [0.15, 0.2) is 0 Å². The van der Waals surface area contributed by atoms with Crippen molar-refractivity contribution in [2.45, 2.75) is 89.5 Å². The highest BCUT2D eigenvalue weighted by molar-refractivity contribution is 7.18. The molecule has 2 saturated carbocycles. The molecule has 2 aliphatic carbocycles. The lowest BCUT2D eigenvalue weighted by Gasteiger charge is -2.53. The third kappa shape index (κ3) is 7.82. The van der Waals surface area contributed by atoms with Crippen LogP contribution in [0.3, 0.4) is 0 Å². The molecule has 0 radical (unpaired) electrons. The zero-order chi connectivity index (χ0) is 40.8. The van der Waals surface area contributed by atoms with Crippen LogP contribution in [0, 0.1) is 24.2 Å². The summed E-state index contributed by atoms with van der Waals surface area (Å²) in [6.45, 7) is 5.96. The fourth-order valence-corrected chi connectivity index (χ4v) is 11.4. The summed E-state index contributed by atoms with van der Waals surface area (Å²) in [5.41, 5.74) is 3.50. The molecule has 3 aliphatic heterocycles. The molecular formula is C44H50N8O6S. The molecule has 2 saturated heterocycles. The summed E-state index contributed by atoms with van der Waals surface area (Å²) in [5.74, 6) is 0.654. The quantitative estimate of drug-likeness (QED) is 0.144. The van der Waals surface area contributed by atoms with Crippen molar-refractivity contribution in [1.82, 2.24) is 30.1 Å². The van der Waals surface area contributed by atoms with Crippen LogP contribution in [0.15, 0.2) is 42.6 Å². The van der Waals surface area contributed by atoms with Gasteiger partial charge in [0, 0.05) is 43.4 Å². The molecule has 0 bridgehead atoms. The third-order valence-electron chi connectivity index (χ3n) is 13.4. The zero-order valence-electron chi connectivity index (χ0n) is 33.6. The summed E-state index contributed by atoms with van der Waals surface area (Å²) in [6, 6.07) is 9.72. The highest BCUT2D eigenvalue weighted by Crippen LogP contribution is 2.54. The highest BCUT2D eigenvalue weighted by Gasteiger charge is 2.47. The number of aryl methyl sites for hydroxylation is 1. The van der Waals surface area contributed by atoms with E-state index in [0.717, 1.165) is 52.5 Å². The molecule has 4 aromatic rings. The maximum Gasteiger partial charge on any atom is 0.274 e. The van der Waals surface area contributed by atoms with Crippen molar-refractivity contribution < 1.29 is 28.7 Å². The number of benzene rings is 2. The fourth-order valence-electron chi connectivity index (χ4n) is 10.2. The smallest absolute Gasteiger partial charge is 0.274 e. The van der Waals surface area contributed by atoms with Gasteiger partial charge in [-0.15, -0.1) is 11.3 Å². The van der Waals surface area contributed by atoms with E-state index in [4.69, 9.17) is 9.72 Å². The Labute approximate surface area is 346 Å². The molecule has 9 rings (SSSR count). The van der Waals surface area contributed by atoms with Crippen LogP contribution in [0.2, 0.25) is 0 Å². The number of methoxy groups -OCH3 is 1. The maximum absolute atomic E-state index is 13.4. The molecule has 15 heteroatoms. The van der Waals surface area contributed by atoms with Gasteiger partial charge in [-0.25, -0.2) is 15.0 Å². The standard InChI is InChI=1S/C44H50N8O6S/c1-25-45-17-13-31(47-25)39(54)48-32-21-36-33(20-35(32)58-2)49-41(59-36)28-8-6-26(7-9-28)24-51-18-14-44(15-19-51)22-27(23-44)12-16-46-30-5-3-4-29-38(30)43(57)52(42(29)56)34-10-11-37(53)50-40(34)55/h3-5,13,17,20-21,26-28,34,46H,6-12,14-16,18-19,22-24H2,1-2H3,(H,48,54)(H,50,53,55)/t26-,28-,34?. The number of aromatic nitrogens is 3. The highest BCUT2D eigenvalue weighted by atomic mass is 32.1. The van der Waals surface area contributed by atoms with Crippen LogP contribution in [0.1, 0.15) is 119 Å². The van der Waals surface area contributed by atoms with Gasteiger partial charge in [0.05, 0.1) is 39.1 Å². The average Bonchev–Trinajstić information content (AvgIpc) is 3.75. The summed E-state index contributed by atoms with van der Waals surface area (Å²) < 4.78 is 6.66. The number of ether oxygens (including phenoxy) is 1. The second kappa shape index (κ2) is 16.1. The number of hydrogen-bond donors (Lipinski definition) is 3. The number of carbonyl (C=O) groups is 5. The summed E-state index contributed by atoms with van der Waals surface area (Å²) >= 11 is 1.72. The monoisotopic (exact) mass is 818 g/mol. The number of fused-ring (bicyclic) bond motifs is 2. The number of carbonyl (C=O) groups excluding carboxylic acids is 5. The molecule has 5 aliphatic rings. The Balaban J connectivity index is 0.713. The van der Waals surface area contributed by atoms with E-state index in [2.05, 4.69) is 30.8 Å². The number of hydrogen-bond acceptors (Lipinski definition) is 12. The second-order valence-electron chi connectivity index (χ2n) is 17.2. The third-order valence-corrected chi connectivity index (χ3v) is 14.6. The fraction of sp³-hybridized carbons (Fsp3) is 0.500. The molecule has 2 aromatic heterocycles. The van der Waals surface area contributed by atoms with Crippen molar-refractivity contribution in [2.75, 3.05) is 43.9 Å². The Morgan fingerprint density at radius 3 is 2.51 bits per heavy atom. The number of piperidine rings is 2. The van der Waals surface area contributed by atoms with E-state index in [1.54, 1.807) is 49.8 Å². The normalized spacial score (nSPS) is 23.3. The molecule has 5 heterocycles. The number of imide groups is 2. The first-order valence-corrected chi connectivity index (χ1v) is 21.8. The van der Waals surface area contributed by atoms with Crippen molar-refractivity contribution >= 4 is 62.5 Å². The van der Waals surface area contributed by atoms with E-state index < -0.39 is 23.8 Å². The van der Waals surface area contributed by atoms with Gasteiger partial charge in [0.25, 0.3) is 17.7 Å². The lowest BCUT2D eigenvalue weighted by atomic mass is 9.57. The van der Waals surface area contributed by atoms with Crippen LogP contribution in [0.4, 0.5) is 11.4 Å². The number of thiazole rings is 1. The molecule has 308 valence electrons. The van der Waals surface area contributed by atoms with E-state index in [0.29, 0.717) is 69.5 Å². The van der Waals surface area contributed by atoms with E-state index in [1.807, 2.05) is 18.2 Å². The van der Waals surface area contributed by atoms with Gasteiger partial charge in [-0.1, -0.05) is 6.07 Å². The van der Waals surface area contributed by atoms with Gasteiger partial charge in [0.2, 0.25) is 11.8 Å². The van der Waals surface area contributed by atoms with Crippen LogP contribution in [-0.2, 0) is 9.59 Å². The first-order valence-electron chi connectivity index (χ1n) is 21.0.